The molecule has 0 aliphatic heterocycles. The van der Waals surface area contributed by atoms with Crippen LogP contribution in [0.25, 0.3) is 0 Å². The van der Waals surface area contributed by atoms with Crippen LogP contribution in [0.1, 0.15) is 15.9 Å². The van der Waals surface area contributed by atoms with E-state index in [0.29, 0.717) is 17.1 Å². The third-order valence-electron chi connectivity index (χ3n) is 2.05. The summed E-state index contributed by atoms with van der Waals surface area (Å²) in [5.41, 5.74) is 1.53. The van der Waals surface area contributed by atoms with Gasteiger partial charge in [0, 0.05) is 17.1 Å². The fourth-order valence-electron chi connectivity index (χ4n) is 1.20. The summed E-state index contributed by atoms with van der Waals surface area (Å²) in [4.78, 5) is 11.6. The maximum Gasteiger partial charge on any atom is 0.176 e. The fourth-order valence-corrected chi connectivity index (χ4v) is 1.32. The van der Waals surface area contributed by atoms with E-state index in [0.717, 1.165) is 5.56 Å². The topological polar surface area (TPSA) is 49.3 Å². The van der Waals surface area contributed by atoms with Gasteiger partial charge in [-0.1, -0.05) is 11.6 Å². The summed E-state index contributed by atoms with van der Waals surface area (Å²) in [7, 11) is 0. The first-order valence-electron chi connectivity index (χ1n) is 4.76. The van der Waals surface area contributed by atoms with E-state index in [2.05, 4.69) is 5.32 Å². The van der Waals surface area contributed by atoms with Crippen LogP contribution in [0.2, 0.25) is 5.02 Å². The molecule has 0 saturated carbocycles. The molecule has 0 atom stereocenters. The number of aryl methyl sites for hydroxylation is 1. The van der Waals surface area contributed by atoms with Crippen molar-refractivity contribution in [3.05, 3.63) is 34.3 Å². The van der Waals surface area contributed by atoms with Crippen LogP contribution in [0.3, 0.4) is 0 Å². The Morgan fingerprint density at radius 1 is 1.53 bits per heavy atom. The molecule has 0 bridgehead atoms. The van der Waals surface area contributed by atoms with E-state index in [1.807, 2.05) is 6.92 Å². The second-order valence-electron chi connectivity index (χ2n) is 3.29. The highest BCUT2D eigenvalue weighted by molar-refractivity contribution is 6.31. The van der Waals surface area contributed by atoms with Gasteiger partial charge >= 0.3 is 0 Å². The molecule has 15 heavy (non-hydrogen) atoms. The van der Waals surface area contributed by atoms with Gasteiger partial charge in [0.1, 0.15) is 0 Å². The molecule has 0 unspecified atom stereocenters. The molecule has 1 rings (SSSR count). The van der Waals surface area contributed by atoms with Crippen molar-refractivity contribution in [3.63, 3.8) is 0 Å². The standard InChI is InChI=1S/C11H14ClNO2/c1-8-6-9(2-3-10(8)12)11(15)7-13-4-5-14/h2-3,6,13-14H,4-5,7H2,1H3. The fraction of sp³-hybridized carbons (Fsp3) is 0.364. The Morgan fingerprint density at radius 3 is 2.87 bits per heavy atom. The zero-order chi connectivity index (χ0) is 11.3. The number of ketones is 1. The normalized spacial score (nSPS) is 10.3. The van der Waals surface area contributed by atoms with Crippen LogP contribution in [0, 0.1) is 6.92 Å². The molecule has 0 amide bonds. The summed E-state index contributed by atoms with van der Waals surface area (Å²) in [5, 5.41) is 12.0. The second-order valence-corrected chi connectivity index (χ2v) is 3.69. The number of aliphatic hydroxyl groups excluding tert-OH is 1. The van der Waals surface area contributed by atoms with Gasteiger partial charge in [-0.05, 0) is 30.7 Å². The summed E-state index contributed by atoms with van der Waals surface area (Å²) in [6.45, 7) is 2.56. The number of hydrogen-bond donors (Lipinski definition) is 2. The van der Waals surface area contributed by atoms with E-state index >= 15 is 0 Å². The lowest BCUT2D eigenvalue weighted by Crippen LogP contribution is -2.25. The van der Waals surface area contributed by atoms with Crippen molar-refractivity contribution in [3.8, 4) is 0 Å². The average molecular weight is 228 g/mol. The molecule has 0 aliphatic carbocycles. The summed E-state index contributed by atoms with van der Waals surface area (Å²) < 4.78 is 0. The Kier molecular flexibility index (Phi) is 4.75. The Hall–Kier alpha value is -0.900. The Bertz CT molecular complexity index is 352. The maximum absolute atomic E-state index is 11.6. The summed E-state index contributed by atoms with van der Waals surface area (Å²) in [5.74, 6) is 0.00298. The van der Waals surface area contributed by atoms with E-state index in [-0.39, 0.29) is 18.9 Å². The van der Waals surface area contributed by atoms with Crippen LogP contribution in [0.15, 0.2) is 18.2 Å². The lowest BCUT2D eigenvalue weighted by Gasteiger charge is -2.04. The van der Waals surface area contributed by atoms with E-state index in [4.69, 9.17) is 16.7 Å². The van der Waals surface area contributed by atoms with Gasteiger partial charge in [0.15, 0.2) is 5.78 Å². The lowest BCUT2D eigenvalue weighted by atomic mass is 10.1. The number of carbonyl (C=O) groups excluding carboxylic acids is 1. The third kappa shape index (κ3) is 3.63. The highest BCUT2D eigenvalue weighted by atomic mass is 35.5. The van der Waals surface area contributed by atoms with Gasteiger partial charge in [0.25, 0.3) is 0 Å². The van der Waals surface area contributed by atoms with Crippen LogP contribution in [-0.4, -0.2) is 30.6 Å². The summed E-state index contributed by atoms with van der Waals surface area (Å²) in [6.07, 6.45) is 0. The van der Waals surface area contributed by atoms with Crippen LogP contribution in [0.4, 0.5) is 0 Å². The van der Waals surface area contributed by atoms with Crippen molar-refractivity contribution in [2.24, 2.45) is 0 Å². The number of halogens is 1. The van der Waals surface area contributed by atoms with Crippen LogP contribution in [0.5, 0.6) is 0 Å². The van der Waals surface area contributed by atoms with Gasteiger partial charge in [0.2, 0.25) is 0 Å². The first-order valence-corrected chi connectivity index (χ1v) is 5.14. The second kappa shape index (κ2) is 5.85. The Balaban J connectivity index is 2.62. The molecule has 0 saturated heterocycles. The highest BCUT2D eigenvalue weighted by Gasteiger charge is 2.06. The third-order valence-corrected chi connectivity index (χ3v) is 2.48. The zero-order valence-corrected chi connectivity index (χ0v) is 9.34. The van der Waals surface area contributed by atoms with Gasteiger partial charge in [-0.15, -0.1) is 0 Å². The molecule has 0 heterocycles. The predicted octanol–water partition coefficient (Wildman–Crippen LogP) is 1.41. The number of aliphatic hydroxyl groups is 1. The van der Waals surface area contributed by atoms with Gasteiger partial charge in [0.05, 0.1) is 13.2 Å². The molecule has 82 valence electrons. The molecule has 1 aromatic rings. The molecule has 0 spiro atoms. The van der Waals surface area contributed by atoms with Gasteiger partial charge in [-0.2, -0.15) is 0 Å². The van der Waals surface area contributed by atoms with Gasteiger partial charge < -0.3 is 10.4 Å². The molecule has 0 aliphatic rings. The van der Waals surface area contributed by atoms with E-state index in [1.54, 1.807) is 18.2 Å². The number of nitrogens with one attached hydrogen (secondary N) is 1. The van der Waals surface area contributed by atoms with Gasteiger partial charge in [-0.25, -0.2) is 0 Å². The number of rotatable bonds is 5. The molecule has 1 aromatic carbocycles. The molecule has 0 radical (unpaired) electrons. The SMILES string of the molecule is Cc1cc(C(=O)CNCCO)ccc1Cl. The lowest BCUT2D eigenvalue weighted by molar-refractivity contribution is 0.0989. The van der Waals surface area contributed by atoms with Crippen LogP contribution < -0.4 is 5.32 Å². The van der Waals surface area contributed by atoms with E-state index in [9.17, 15) is 4.79 Å². The first-order chi connectivity index (χ1) is 7.15. The monoisotopic (exact) mass is 227 g/mol. The van der Waals surface area contributed by atoms with Crippen LogP contribution in [-0.2, 0) is 0 Å². The first kappa shape index (κ1) is 12.2. The Labute approximate surface area is 94.1 Å². The van der Waals surface area contributed by atoms with Crippen molar-refractivity contribution < 1.29 is 9.90 Å². The minimum absolute atomic E-state index is 0.00298. The zero-order valence-electron chi connectivity index (χ0n) is 8.59. The van der Waals surface area contributed by atoms with Crippen molar-refractivity contribution >= 4 is 17.4 Å². The van der Waals surface area contributed by atoms with Crippen molar-refractivity contribution in [1.29, 1.82) is 0 Å². The Morgan fingerprint density at radius 2 is 2.27 bits per heavy atom. The molecule has 3 nitrogen and oxygen atoms in total. The van der Waals surface area contributed by atoms with E-state index < -0.39 is 0 Å². The maximum atomic E-state index is 11.6. The van der Waals surface area contributed by atoms with Gasteiger partial charge in [-0.3, -0.25) is 4.79 Å². The predicted molar refractivity (Wildman–Crippen MR) is 60.5 cm³/mol. The molecule has 0 aromatic heterocycles. The smallest absolute Gasteiger partial charge is 0.176 e. The summed E-state index contributed by atoms with van der Waals surface area (Å²) >= 11 is 5.85. The highest BCUT2D eigenvalue weighted by Crippen LogP contribution is 2.16. The number of benzene rings is 1. The minimum Gasteiger partial charge on any atom is -0.395 e. The van der Waals surface area contributed by atoms with Crippen molar-refractivity contribution in [2.75, 3.05) is 19.7 Å². The number of hydrogen-bond acceptors (Lipinski definition) is 3. The quantitative estimate of drug-likeness (QED) is 0.591. The minimum atomic E-state index is 0.00298. The molecule has 0 fully saturated rings. The molecule has 4 heteroatoms. The molecular formula is C11H14ClNO2. The van der Waals surface area contributed by atoms with E-state index in [1.165, 1.54) is 0 Å². The molecule has 2 N–H and O–H groups in total. The number of carbonyl (C=O) groups is 1. The number of Topliss-reactive ketones (excluding diaryl/α,β-unsaturated/α-hetero) is 1. The van der Waals surface area contributed by atoms with Crippen LogP contribution >= 0.6 is 11.6 Å². The average Bonchev–Trinajstić information content (AvgIpc) is 2.22. The molecular weight excluding hydrogens is 214 g/mol. The summed E-state index contributed by atoms with van der Waals surface area (Å²) in [6, 6.07) is 5.19. The van der Waals surface area contributed by atoms with Crippen molar-refractivity contribution in [2.45, 2.75) is 6.92 Å². The largest absolute Gasteiger partial charge is 0.395 e. The van der Waals surface area contributed by atoms with Crippen molar-refractivity contribution in [1.82, 2.24) is 5.32 Å².